The van der Waals surface area contributed by atoms with Crippen LogP contribution in [0.4, 0.5) is 0 Å². The summed E-state index contributed by atoms with van der Waals surface area (Å²) >= 11 is 0. The third-order valence-electron chi connectivity index (χ3n) is 0.752. The molecule has 0 fully saturated rings. The summed E-state index contributed by atoms with van der Waals surface area (Å²) in [5, 5.41) is 32.8. The van der Waals surface area contributed by atoms with Crippen LogP contribution in [0.3, 0.4) is 0 Å². The van der Waals surface area contributed by atoms with Crippen LogP contribution in [-0.2, 0) is 0 Å². The molecule has 0 aliphatic rings. The molecule has 4 N–H and O–H groups in total. The van der Waals surface area contributed by atoms with Gasteiger partial charge in [-0.2, -0.15) is 0 Å². The molecule has 0 heterocycles. The Bertz CT molecular complexity index is 91.6. The number of hydrogen-bond acceptors (Lipinski definition) is 4. The van der Waals surface area contributed by atoms with Crippen molar-refractivity contribution >= 4 is 0 Å². The van der Waals surface area contributed by atoms with Crippen molar-refractivity contribution in [3.05, 3.63) is 12.3 Å². The van der Waals surface area contributed by atoms with Gasteiger partial charge in [-0.05, 0) is 12.5 Å². The molecule has 4 heteroatoms. The molecule has 0 amide bonds. The van der Waals surface area contributed by atoms with Crippen LogP contribution in [0.1, 0.15) is 12.8 Å². The molecule has 4 nitrogen and oxygen atoms in total. The first-order chi connectivity index (χ1) is 4.06. The van der Waals surface area contributed by atoms with E-state index in [1.54, 1.807) is 0 Å². The van der Waals surface area contributed by atoms with E-state index in [9.17, 15) is 0 Å². The Morgan fingerprint density at radius 2 is 1.78 bits per heavy atom. The van der Waals surface area contributed by atoms with E-state index in [1.807, 2.05) is 0 Å². The first kappa shape index (κ1) is 8.42. The summed E-state index contributed by atoms with van der Waals surface area (Å²) in [5.41, 5.74) is 0. The highest BCUT2D eigenvalue weighted by molar-refractivity contribution is 4.72. The van der Waals surface area contributed by atoms with Crippen molar-refractivity contribution in [3.8, 4) is 0 Å². The molecule has 0 unspecified atom stereocenters. The third kappa shape index (κ3) is 7.42. The number of rotatable bonds is 3. The number of aliphatic hydroxyl groups excluding tert-OH is 1. The van der Waals surface area contributed by atoms with Crippen molar-refractivity contribution in [1.82, 2.24) is 0 Å². The van der Waals surface area contributed by atoms with Crippen molar-refractivity contribution in [2.24, 2.45) is 0 Å². The van der Waals surface area contributed by atoms with Crippen LogP contribution in [0.25, 0.3) is 0 Å². The number of allylic oxidation sites excluding steroid dienone is 1. The maximum Gasteiger partial charge on any atom is 0.275 e. The van der Waals surface area contributed by atoms with Gasteiger partial charge in [0, 0.05) is 6.42 Å². The SMILES string of the molecule is OC=CCCC(O)(O)O. The molecular weight excluding hydrogens is 124 g/mol. The summed E-state index contributed by atoms with van der Waals surface area (Å²) in [6.45, 7) is 0. The Morgan fingerprint density at radius 1 is 1.22 bits per heavy atom. The highest BCUT2D eigenvalue weighted by Gasteiger charge is 2.15. The van der Waals surface area contributed by atoms with Gasteiger partial charge in [0.2, 0.25) is 0 Å². The van der Waals surface area contributed by atoms with Gasteiger partial charge in [-0.25, -0.2) is 0 Å². The second kappa shape index (κ2) is 3.45. The van der Waals surface area contributed by atoms with Crippen LogP contribution >= 0.6 is 0 Å². The molecule has 0 aromatic rings. The van der Waals surface area contributed by atoms with Gasteiger partial charge in [-0.1, -0.05) is 0 Å². The molecule has 0 rings (SSSR count). The van der Waals surface area contributed by atoms with E-state index in [-0.39, 0.29) is 12.8 Å². The third-order valence-corrected chi connectivity index (χ3v) is 0.752. The van der Waals surface area contributed by atoms with Crippen molar-refractivity contribution in [3.63, 3.8) is 0 Å². The molecule has 54 valence electrons. The summed E-state index contributed by atoms with van der Waals surface area (Å²) in [5.74, 6) is -2.61. The predicted molar refractivity (Wildman–Crippen MR) is 30.4 cm³/mol. The summed E-state index contributed by atoms with van der Waals surface area (Å²) in [7, 11) is 0. The van der Waals surface area contributed by atoms with Crippen LogP contribution in [0, 0.1) is 0 Å². The fraction of sp³-hybridized carbons (Fsp3) is 0.600. The topological polar surface area (TPSA) is 80.9 Å². The zero-order chi connectivity index (χ0) is 7.33. The highest BCUT2D eigenvalue weighted by Crippen LogP contribution is 2.03. The Hall–Kier alpha value is -0.580. The van der Waals surface area contributed by atoms with Gasteiger partial charge < -0.3 is 20.4 Å². The Kier molecular flexibility index (Phi) is 3.22. The summed E-state index contributed by atoms with van der Waals surface area (Å²) in [6.07, 6.45) is 2.10. The summed E-state index contributed by atoms with van der Waals surface area (Å²) in [4.78, 5) is 0. The quantitative estimate of drug-likeness (QED) is 0.309. The average Bonchev–Trinajstić information content (AvgIpc) is 1.63. The van der Waals surface area contributed by atoms with Gasteiger partial charge in [0.15, 0.2) is 0 Å². The normalized spacial score (nSPS) is 12.8. The van der Waals surface area contributed by atoms with Crippen molar-refractivity contribution in [2.45, 2.75) is 18.8 Å². The second-order valence-electron chi connectivity index (χ2n) is 1.70. The van der Waals surface area contributed by atoms with E-state index in [4.69, 9.17) is 20.4 Å². The van der Waals surface area contributed by atoms with Gasteiger partial charge in [0.1, 0.15) is 0 Å². The maximum atomic E-state index is 8.24. The van der Waals surface area contributed by atoms with E-state index < -0.39 is 5.97 Å². The van der Waals surface area contributed by atoms with Crippen molar-refractivity contribution in [2.75, 3.05) is 0 Å². The van der Waals surface area contributed by atoms with E-state index in [1.165, 1.54) is 6.08 Å². The van der Waals surface area contributed by atoms with Crippen LogP contribution in [-0.4, -0.2) is 26.4 Å². The lowest BCUT2D eigenvalue weighted by molar-refractivity contribution is -0.313. The second-order valence-corrected chi connectivity index (χ2v) is 1.70. The maximum absolute atomic E-state index is 8.24. The Morgan fingerprint density at radius 3 is 2.11 bits per heavy atom. The molecule has 0 atom stereocenters. The molecular formula is C5H10O4. The smallest absolute Gasteiger partial charge is 0.275 e. The lowest BCUT2D eigenvalue weighted by atomic mass is 10.3. The van der Waals surface area contributed by atoms with E-state index >= 15 is 0 Å². The van der Waals surface area contributed by atoms with E-state index in [0.717, 1.165) is 6.26 Å². The van der Waals surface area contributed by atoms with Gasteiger partial charge >= 0.3 is 0 Å². The first-order valence-electron chi connectivity index (χ1n) is 2.52. The molecule has 0 aliphatic heterocycles. The van der Waals surface area contributed by atoms with Gasteiger partial charge in [-0.15, -0.1) is 0 Å². The first-order valence-corrected chi connectivity index (χ1v) is 2.52. The van der Waals surface area contributed by atoms with Crippen LogP contribution < -0.4 is 0 Å². The molecule has 0 bridgehead atoms. The summed E-state index contributed by atoms with van der Waals surface area (Å²) < 4.78 is 0. The molecule has 9 heavy (non-hydrogen) atoms. The molecule has 0 saturated carbocycles. The number of hydrogen-bond donors (Lipinski definition) is 4. The minimum absolute atomic E-state index is 0.204. The molecule has 0 saturated heterocycles. The Labute approximate surface area is 52.7 Å². The van der Waals surface area contributed by atoms with Gasteiger partial charge in [-0.3, -0.25) is 0 Å². The minimum Gasteiger partial charge on any atom is -0.516 e. The zero-order valence-electron chi connectivity index (χ0n) is 4.86. The van der Waals surface area contributed by atoms with Gasteiger partial charge in [0.05, 0.1) is 6.26 Å². The average molecular weight is 134 g/mol. The monoisotopic (exact) mass is 134 g/mol. The summed E-state index contributed by atoms with van der Waals surface area (Å²) in [6, 6.07) is 0. The van der Waals surface area contributed by atoms with E-state index in [2.05, 4.69) is 0 Å². The lowest BCUT2D eigenvalue weighted by Gasteiger charge is -2.10. The van der Waals surface area contributed by atoms with Crippen LogP contribution in [0.2, 0.25) is 0 Å². The van der Waals surface area contributed by atoms with Crippen LogP contribution in [0.15, 0.2) is 12.3 Å². The molecule has 0 aromatic carbocycles. The van der Waals surface area contributed by atoms with E-state index in [0.29, 0.717) is 0 Å². The largest absolute Gasteiger partial charge is 0.516 e. The van der Waals surface area contributed by atoms with Crippen molar-refractivity contribution in [1.29, 1.82) is 0 Å². The van der Waals surface area contributed by atoms with Crippen molar-refractivity contribution < 1.29 is 20.4 Å². The minimum atomic E-state index is -2.61. The standard InChI is InChI=1S/C5H10O4/c6-4-2-1-3-5(7,8)9/h2,4,6-9H,1,3H2. The molecule has 0 aromatic heterocycles. The molecule has 0 spiro atoms. The highest BCUT2D eigenvalue weighted by atomic mass is 16.7. The molecule has 0 aliphatic carbocycles. The lowest BCUT2D eigenvalue weighted by Crippen LogP contribution is -2.26. The Balaban J connectivity index is 3.28. The fourth-order valence-corrected chi connectivity index (χ4v) is 0.352. The fourth-order valence-electron chi connectivity index (χ4n) is 0.352. The number of aliphatic hydroxyl groups is 4. The zero-order valence-corrected chi connectivity index (χ0v) is 4.86. The molecule has 0 radical (unpaired) electrons. The predicted octanol–water partition coefficient (Wildman–Crippen LogP) is -0.531. The van der Waals surface area contributed by atoms with Gasteiger partial charge in [0.25, 0.3) is 5.97 Å². The van der Waals surface area contributed by atoms with Crippen LogP contribution in [0.5, 0.6) is 0 Å².